The topological polar surface area (TPSA) is 41.5 Å². The van der Waals surface area contributed by atoms with Gasteiger partial charge in [0.25, 0.3) is 5.91 Å². The first-order valence-corrected chi connectivity index (χ1v) is 7.97. The van der Waals surface area contributed by atoms with Gasteiger partial charge in [-0.3, -0.25) is 4.79 Å². The lowest BCUT2D eigenvalue weighted by molar-refractivity contribution is 0.0954. The third-order valence-corrected chi connectivity index (χ3v) is 4.38. The smallest absolute Gasteiger partial charge is 0.267 e. The Bertz CT molecular complexity index is 539. The van der Waals surface area contributed by atoms with Crippen LogP contribution in [0.2, 0.25) is 5.02 Å². The van der Waals surface area contributed by atoms with Crippen molar-refractivity contribution < 1.29 is 4.79 Å². The van der Waals surface area contributed by atoms with E-state index in [0.29, 0.717) is 28.3 Å². The fourth-order valence-corrected chi connectivity index (χ4v) is 3.09. The maximum absolute atomic E-state index is 12.1. The molecule has 1 aliphatic rings. The monoisotopic (exact) mass is 306 g/mol. The molecule has 1 amide bonds. The van der Waals surface area contributed by atoms with Gasteiger partial charge < -0.3 is 0 Å². The van der Waals surface area contributed by atoms with E-state index in [1.165, 1.54) is 6.42 Å². The van der Waals surface area contributed by atoms with Gasteiger partial charge in [0, 0.05) is 22.2 Å². The lowest BCUT2D eigenvalue weighted by Crippen LogP contribution is -2.31. The molecule has 114 valence electrons. The predicted octanol–water partition coefficient (Wildman–Crippen LogP) is 4.52. The summed E-state index contributed by atoms with van der Waals surface area (Å²) in [5.74, 6) is 1.47. The number of rotatable bonds is 3. The fourth-order valence-electron chi connectivity index (χ4n) is 2.90. The summed E-state index contributed by atoms with van der Waals surface area (Å²) in [4.78, 5) is 12.1. The van der Waals surface area contributed by atoms with Crippen LogP contribution in [0.5, 0.6) is 0 Å². The van der Waals surface area contributed by atoms with Crippen LogP contribution in [0.15, 0.2) is 29.4 Å². The fraction of sp³-hybridized carbons (Fsp3) is 0.529. The molecule has 2 rings (SSSR count). The van der Waals surface area contributed by atoms with Crippen LogP contribution in [-0.4, -0.2) is 11.6 Å². The van der Waals surface area contributed by atoms with Crippen molar-refractivity contribution in [3.05, 3.63) is 34.9 Å². The number of hydrogen-bond acceptors (Lipinski definition) is 2. The highest BCUT2D eigenvalue weighted by molar-refractivity contribution is 6.30. The Hall–Kier alpha value is -1.35. The average Bonchev–Trinajstić information content (AvgIpc) is 2.44. The van der Waals surface area contributed by atoms with Crippen molar-refractivity contribution >= 4 is 23.2 Å². The lowest BCUT2D eigenvalue weighted by Gasteiger charge is -2.30. The molecule has 4 heteroatoms. The summed E-state index contributed by atoms with van der Waals surface area (Å²) in [5, 5.41) is 4.97. The summed E-state index contributed by atoms with van der Waals surface area (Å²) in [6.45, 7) is 6.68. The van der Waals surface area contributed by atoms with E-state index in [-0.39, 0.29) is 5.91 Å². The Labute approximate surface area is 131 Å². The minimum absolute atomic E-state index is 0.203. The standard InChI is InChI=1S/C17H23ClN2O/c1-11(2)15-8-7-12(3)9-16(15)19-20-17(21)13-5-4-6-14(18)10-13/h4-6,10-12,15H,7-9H2,1-3H3,(H,20,21)/b19-16-/t12-,15+/m0/s1. The SMILES string of the molecule is CC(C)[C@H]1CC[C@H](C)C/C1=N/NC(=O)c1cccc(Cl)c1. The molecule has 0 aliphatic heterocycles. The molecule has 3 nitrogen and oxygen atoms in total. The Kier molecular flexibility index (Phi) is 5.40. The van der Waals surface area contributed by atoms with Gasteiger partial charge in [0.2, 0.25) is 0 Å². The first kappa shape index (κ1) is 16.0. The molecular formula is C17H23ClN2O. The first-order valence-electron chi connectivity index (χ1n) is 7.59. The summed E-state index contributed by atoms with van der Waals surface area (Å²) in [5.41, 5.74) is 4.35. The Balaban J connectivity index is 2.08. The predicted molar refractivity (Wildman–Crippen MR) is 87.7 cm³/mol. The number of carbonyl (C=O) groups is 1. The number of amides is 1. The van der Waals surface area contributed by atoms with Gasteiger partial charge in [-0.1, -0.05) is 38.4 Å². The molecule has 1 aromatic carbocycles. The Morgan fingerprint density at radius 2 is 2.14 bits per heavy atom. The largest absolute Gasteiger partial charge is 0.271 e. The molecule has 0 radical (unpaired) electrons. The first-order chi connectivity index (χ1) is 9.97. The van der Waals surface area contributed by atoms with Crippen LogP contribution in [0.4, 0.5) is 0 Å². The van der Waals surface area contributed by atoms with Gasteiger partial charge in [-0.15, -0.1) is 0 Å². The van der Waals surface area contributed by atoms with Crippen LogP contribution in [0, 0.1) is 17.8 Å². The molecule has 0 bridgehead atoms. The third kappa shape index (κ3) is 4.31. The number of hydrazone groups is 1. The molecular weight excluding hydrogens is 284 g/mol. The molecule has 1 aromatic rings. The van der Waals surface area contributed by atoms with E-state index in [4.69, 9.17) is 11.6 Å². The summed E-state index contributed by atoms with van der Waals surface area (Å²) in [6.07, 6.45) is 3.37. The van der Waals surface area contributed by atoms with Crippen LogP contribution in [0.3, 0.4) is 0 Å². The van der Waals surface area contributed by atoms with Gasteiger partial charge >= 0.3 is 0 Å². The normalized spacial score (nSPS) is 24.3. The van der Waals surface area contributed by atoms with Crippen LogP contribution in [0.25, 0.3) is 0 Å². The zero-order valence-corrected chi connectivity index (χ0v) is 13.7. The van der Waals surface area contributed by atoms with E-state index in [9.17, 15) is 4.79 Å². The molecule has 1 aliphatic carbocycles. The summed E-state index contributed by atoms with van der Waals surface area (Å²) in [7, 11) is 0. The average molecular weight is 307 g/mol. The summed E-state index contributed by atoms with van der Waals surface area (Å²) >= 11 is 5.91. The van der Waals surface area contributed by atoms with E-state index in [0.717, 1.165) is 18.6 Å². The second-order valence-electron chi connectivity index (χ2n) is 6.29. The van der Waals surface area contributed by atoms with Crippen molar-refractivity contribution in [3.63, 3.8) is 0 Å². The molecule has 1 fully saturated rings. The second-order valence-corrected chi connectivity index (χ2v) is 6.73. The van der Waals surface area contributed by atoms with Crippen molar-refractivity contribution in [1.82, 2.24) is 5.43 Å². The van der Waals surface area contributed by atoms with Gasteiger partial charge in [-0.05, 0) is 49.3 Å². The van der Waals surface area contributed by atoms with Gasteiger partial charge in [0.15, 0.2) is 0 Å². The van der Waals surface area contributed by atoms with E-state index in [2.05, 4.69) is 31.3 Å². The van der Waals surface area contributed by atoms with E-state index in [1.807, 2.05) is 0 Å². The molecule has 1 saturated carbocycles. The van der Waals surface area contributed by atoms with Crippen LogP contribution in [0.1, 0.15) is 50.4 Å². The highest BCUT2D eigenvalue weighted by Crippen LogP contribution is 2.31. The summed E-state index contributed by atoms with van der Waals surface area (Å²) in [6, 6.07) is 6.91. The van der Waals surface area contributed by atoms with Crippen molar-refractivity contribution in [2.24, 2.45) is 22.9 Å². The van der Waals surface area contributed by atoms with Crippen LogP contribution >= 0.6 is 11.6 Å². The van der Waals surface area contributed by atoms with E-state index < -0.39 is 0 Å². The molecule has 0 spiro atoms. The maximum atomic E-state index is 12.1. The molecule has 2 atom stereocenters. The molecule has 1 N–H and O–H groups in total. The number of nitrogens with zero attached hydrogens (tertiary/aromatic N) is 1. The Morgan fingerprint density at radius 1 is 1.38 bits per heavy atom. The highest BCUT2D eigenvalue weighted by Gasteiger charge is 2.27. The van der Waals surface area contributed by atoms with Crippen molar-refractivity contribution in [1.29, 1.82) is 0 Å². The zero-order valence-electron chi connectivity index (χ0n) is 12.9. The second kappa shape index (κ2) is 7.08. The Morgan fingerprint density at radius 3 is 2.81 bits per heavy atom. The molecule has 0 heterocycles. The molecule has 0 aromatic heterocycles. The van der Waals surface area contributed by atoms with Crippen LogP contribution in [-0.2, 0) is 0 Å². The van der Waals surface area contributed by atoms with Crippen molar-refractivity contribution in [3.8, 4) is 0 Å². The van der Waals surface area contributed by atoms with Crippen molar-refractivity contribution in [2.75, 3.05) is 0 Å². The minimum atomic E-state index is -0.203. The van der Waals surface area contributed by atoms with Crippen molar-refractivity contribution in [2.45, 2.75) is 40.0 Å². The molecule has 21 heavy (non-hydrogen) atoms. The van der Waals surface area contributed by atoms with Crippen LogP contribution < -0.4 is 5.43 Å². The lowest BCUT2D eigenvalue weighted by atomic mass is 9.76. The number of nitrogens with one attached hydrogen (secondary N) is 1. The van der Waals surface area contributed by atoms with Gasteiger partial charge in [0.05, 0.1) is 0 Å². The molecule has 0 saturated heterocycles. The van der Waals surface area contributed by atoms with Gasteiger partial charge in [-0.2, -0.15) is 5.10 Å². The minimum Gasteiger partial charge on any atom is -0.267 e. The maximum Gasteiger partial charge on any atom is 0.271 e. The van der Waals surface area contributed by atoms with Gasteiger partial charge in [0.1, 0.15) is 0 Å². The number of carbonyl (C=O) groups excluding carboxylic acids is 1. The quantitative estimate of drug-likeness (QED) is 0.820. The number of hydrogen-bond donors (Lipinski definition) is 1. The highest BCUT2D eigenvalue weighted by atomic mass is 35.5. The summed E-state index contributed by atoms with van der Waals surface area (Å²) < 4.78 is 0. The van der Waals surface area contributed by atoms with Gasteiger partial charge in [-0.25, -0.2) is 5.43 Å². The number of halogens is 1. The van der Waals surface area contributed by atoms with E-state index >= 15 is 0 Å². The molecule has 0 unspecified atom stereocenters. The van der Waals surface area contributed by atoms with E-state index in [1.54, 1.807) is 24.3 Å². The zero-order chi connectivity index (χ0) is 15.4. The number of benzene rings is 1. The third-order valence-electron chi connectivity index (χ3n) is 4.15.